The molecule has 2 aromatic carbocycles. The van der Waals surface area contributed by atoms with Gasteiger partial charge in [-0.1, -0.05) is 38.0 Å². The van der Waals surface area contributed by atoms with Gasteiger partial charge in [-0.2, -0.15) is 0 Å². The molecule has 1 fully saturated rings. The lowest BCUT2D eigenvalue weighted by atomic mass is 9.85. The Morgan fingerprint density at radius 2 is 1.83 bits per heavy atom. The van der Waals surface area contributed by atoms with E-state index < -0.39 is 41.6 Å². The summed E-state index contributed by atoms with van der Waals surface area (Å²) >= 11 is 0. The number of amides is 4. The number of anilines is 1. The quantitative estimate of drug-likeness (QED) is 0.697. The predicted molar refractivity (Wildman–Crippen MR) is 103 cm³/mol. The van der Waals surface area contributed by atoms with Crippen molar-refractivity contribution < 1.29 is 23.2 Å². The molecular formula is C21H21F2N3O3. The van der Waals surface area contributed by atoms with Gasteiger partial charge in [-0.15, -0.1) is 0 Å². The van der Waals surface area contributed by atoms with Gasteiger partial charge >= 0.3 is 6.03 Å². The molecule has 0 saturated carbocycles. The molecule has 152 valence electrons. The molecule has 0 bridgehead atoms. The van der Waals surface area contributed by atoms with Crippen LogP contribution in [0.25, 0.3) is 0 Å². The van der Waals surface area contributed by atoms with Gasteiger partial charge in [-0.25, -0.2) is 13.6 Å². The molecule has 0 aromatic heterocycles. The van der Waals surface area contributed by atoms with E-state index in [1.807, 2.05) is 6.92 Å². The summed E-state index contributed by atoms with van der Waals surface area (Å²) in [5, 5.41) is 5.16. The highest BCUT2D eigenvalue weighted by molar-refractivity contribution is 6.10. The lowest BCUT2D eigenvalue weighted by Gasteiger charge is -2.27. The van der Waals surface area contributed by atoms with Crippen molar-refractivity contribution in [2.24, 2.45) is 0 Å². The van der Waals surface area contributed by atoms with Gasteiger partial charge in [0, 0.05) is 5.69 Å². The van der Waals surface area contributed by atoms with Crippen molar-refractivity contribution in [2.45, 2.75) is 31.7 Å². The van der Waals surface area contributed by atoms with Crippen molar-refractivity contribution in [3.63, 3.8) is 0 Å². The summed E-state index contributed by atoms with van der Waals surface area (Å²) in [6.45, 7) is 1.43. The number of benzene rings is 2. The summed E-state index contributed by atoms with van der Waals surface area (Å²) in [7, 11) is 0. The van der Waals surface area contributed by atoms with Crippen LogP contribution in [0.2, 0.25) is 0 Å². The molecule has 0 unspecified atom stereocenters. The smallest absolute Gasteiger partial charge is 0.324 e. The first-order valence-corrected chi connectivity index (χ1v) is 9.31. The standard InChI is InChI=1S/C21H21F2N3O3/c1-2-3-11-21(14-7-9-15(22)10-8-14)19(28)26(20(29)25-21)13-18(27)24-17-6-4-5-16(23)12-17/h4-10,12H,2-3,11,13H2,1H3,(H,24,27)(H,25,29)/t21-/m0/s1. The second-order valence-corrected chi connectivity index (χ2v) is 6.90. The van der Waals surface area contributed by atoms with Crippen molar-refractivity contribution in [3.05, 3.63) is 65.7 Å². The third-order valence-electron chi connectivity index (χ3n) is 4.83. The number of carbonyl (C=O) groups excluding carboxylic acids is 3. The summed E-state index contributed by atoms with van der Waals surface area (Å²) in [5.74, 6) is -2.18. The van der Waals surface area contributed by atoms with Crippen LogP contribution in [0.1, 0.15) is 31.7 Å². The molecule has 1 heterocycles. The van der Waals surface area contributed by atoms with Crippen LogP contribution in [-0.4, -0.2) is 29.3 Å². The first-order valence-electron chi connectivity index (χ1n) is 9.31. The molecule has 6 nitrogen and oxygen atoms in total. The molecule has 0 radical (unpaired) electrons. The minimum absolute atomic E-state index is 0.220. The number of halogens is 2. The lowest BCUT2D eigenvalue weighted by molar-refractivity contribution is -0.134. The van der Waals surface area contributed by atoms with Crippen LogP contribution in [-0.2, 0) is 15.1 Å². The molecule has 2 aromatic rings. The largest absolute Gasteiger partial charge is 0.325 e. The number of urea groups is 1. The first kappa shape index (κ1) is 20.4. The second kappa shape index (κ2) is 8.38. The molecule has 1 saturated heterocycles. The fourth-order valence-electron chi connectivity index (χ4n) is 3.37. The van der Waals surface area contributed by atoms with Crippen molar-refractivity contribution in [1.29, 1.82) is 0 Å². The maximum Gasteiger partial charge on any atom is 0.325 e. The molecule has 8 heteroatoms. The Bertz CT molecular complexity index is 933. The van der Waals surface area contributed by atoms with Crippen LogP contribution in [0.3, 0.4) is 0 Å². The minimum Gasteiger partial charge on any atom is -0.324 e. The fraction of sp³-hybridized carbons (Fsp3) is 0.286. The number of imide groups is 1. The van der Waals surface area contributed by atoms with Crippen LogP contribution in [0.5, 0.6) is 0 Å². The van der Waals surface area contributed by atoms with Gasteiger partial charge in [0.15, 0.2) is 0 Å². The van der Waals surface area contributed by atoms with Gasteiger partial charge in [0.1, 0.15) is 23.7 Å². The topological polar surface area (TPSA) is 78.5 Å². The monoisotopic (exact) mass is 401 g/mol. The van der Waals surface area contributed by atoms with E-state index >= 15 is 0 Å². The van der Waals surface area contributed by atoms with Crippen LogP contribution in [0, 0.1) is 11.6 Å². The highest BCUT2D eigenvalue weighted by atomic mass is 19.1. The van der Waals surface area contributed by atoms with Gasteiger partial charge in [0.25, 0.3) is 5.91 Å². The van der Waals surface area contributed by atoms with E-state index in [2.05, 4.69) is 10.6 Å². The Labute approximate surface area is 166 Å². The van der Waals surface area contributed by atoms with Gasteiger partial charge < -0.3 is 10.6 Å². The molecule has 4 amide bonds. The van der Waals surface area contributed by atoms with Crippen LogP contribution in [0.4, 0.5) is 19.3 Å². The van der Waals surface area contributed by atoms with Gasteiger partial charge in [0.05, 0.1) is 0 Å². The Hall–Kier alpha value is -3.29. The zero-order valence-corrected chi connectivity index (χ0v) is 15.9. The first-order chi connectivity index (χ1) is 13.9. The molecule has 2 N–H and O–H groups in total. The normalized spacial score (nSPS) is 18.7. The van der Waals surface area contributed by atoms with Crippen molar-refractivity contribution in [3.8, 4) is 0 Å². The van der Waals surface area contributed by atoms with Crippen molar-refractivity contribution in [1.82, 2.24) is 10.2 Å². The van der Waals surface area contributed by atoms with Crippen molar-refractivity contribution in [2.75, 3.05) is 11.9 Å². The predicted octanol–water partition coefficient (Wildman–Crippen LogP) is 3.54. The highest BCUT2D eigenvalue weighted by Gasteiger charge is 2.52. The van der Waals surface area contributed by atoms with Gasteiger partial charge in [-0.3, -0.25) is 14.5 Å². The van der Waals surface area contributed by atoms with E-state index in [0.717, 1.165) is 17.4 Å². The van der Waals surface area contributed by atoms with Crippen LogP contribution >= 0.6 is 0 Å². The number of nitrogens with one attached hydrogen (secondary N) is 2. The summed E-state index contributed by atoms with van der Waals surface area (Å²) < 4.78 is 26.6. The van der Waals surface area contributed by atoms with Crippen LogP contribution < -0.4 is 10.6 Å². The second-order valence-electron chi connectivity index (χ2n) is 6.90. The average molecular weight is 401 g/mol. The van der Waals surface area contributed by atoms with Crippen molar-refractivity contribution >= 4 is 23.5 Å². The summed E-state index contributed by atoms with van der Waals surface area (Å²) in [6, 6.07) is 9.96. The lowest BCUT2D eigenvalue weighted by Crippen LogP contribution is -2.44. The molecule has 1 aliphatic heterocycles. The number of unbranched alkanes of at least 4 members (excludes halogenated alkanes) is 1. The van der Waals surface area contributed by atoms with E-state index in [1.165, 1.54) is 42.5 Å². The SMILES string of the molecule is CCCC[C@@]1(c2ccc(F)cc2)NC(=O)N(CC(=O)Nc2cccc(F)c2)C1=O. The number of hydrogen-bond donors (Lipinski definition) is 2. The molecule has 29 heavy (non-hydrogen) atoms. The number of rotatable bonds is 7. The maximum atomic E-state index is 13.3. The van der Waals surface area contributed by atoms with Crippen LogP contribution in [0.15, 0.2) is 48.5 Å². The Morgan fingerprint density at radius 1 is 1.10 bits per heavy atom. The molecular weight excluding hydrogens is 380 g/mol. The minimum atomic E-state index is -1.35. The summed E-state index contributed by atoms with van der Waals surface area (Å²) in [4.78, 5) is 38.9. The van der Waals surface area contributed by atoms with E-state index in [1.54, 1.807) is 0 Å². The van der Waals surface area contributed by atoms with E-state index in [-0.39, 0.29) is 5.69 Å². The maximum absolute atomic E-state index is 13.3. The Morgan fingerprint density at radius 3 is 2.48 bits per heavy atom. The zero-order chi connectivity index (χ0) is 21.0. The van der Waals surface area contributed by atoms with Gasteiger partial charge in [0.2, 0.25) is 5.91 Å². The van der Waals surface area contributed by atoms with E-state index in [9.17, 15) is 23.2 Å². The third kappa shape index (κ3) is 4.26. The summed E-state index contributed by atoms with van der Waals surface area (Å²) in [6.07, 6.45) is 1.75. The number of nitrogens with zero attached hydrogens (tertiary/aromatic N) is 1. The highest BCUT2D eigenvalue weighted by Crippen LogP contribution is 2.34. The molecule has 1 aliphatic rings. The molecule has 0 aliphatic carbocycles. The fourth-order valence-corrected chi connectivity index (χ4v) is 3.37. The van der Waals surface area contributed by atoms with E-state index in [0.29, 0.717) is 18.4 Å². The molecule has 3 rings (SSSR count). The molecule has 0 spiro atoms. The third-order valence-corrected chi connectivity index (χ3v) is 4.83. The average Bonchev–Trinajstić information content (AvgIpc) is 2.92. The molecule has 1 atom stereocenters. The Balaban J connectivity index is 1.81. The number of hydrogen-bond acceptors (Lipinski definition) is 3. The van der Waals surface area contributed by atoms with E-state index in [4.69, 9.17) is 0 Å². The summed E-state index contributed by atoms with van der Waals surface area (Å²) in [5.41, 5.74) is -0.670. The van der Waals surface area contributed by atoms with Gasteiger partial charge in [-0.05, 0) is 42.3 Å². The Kier molecular flexibility index (Phi) is 5.91. The zero-order valence-electron chi connectivity index (χ0n) is 15.9. The number of carbonyl (C=O) groups is 3.